The van der Waals surface area contributed by atoms with Crippen molar-refractivity contribution in [3.8, 4) is 0 Å². The smallest absolute Gasteiger partial charge is 0.306 e. The van der Waals surface area contributed by atoms with Crippen molar-refractivity contribution in [2.45, 2.75) is 335 Å². The lowest BCUT2D eigenvalue weighted by atomic mass is 10.0. The quantitative estimate of drug-likeness (QED) is 0.0261. The lowest BCUT2D eigenvalue weighted by molar-refractivity contribution is -0.167. The summed E-state index contributed by atoms with van der Waals surface area (Å²) in [5.74, 6) is -0.900. The van der Waals surface area contributed by atoms with Gasteiger partial charge in [-0.2, -0.15) is 0 Å². The van der Waals surface area contributed by atoms with Crippen LogP contribution in [0.2, 0.25) is 0 Å². The maximum atomic E-state index is 12.9. The zero-order valence-electron chi connectivity index (χ0n) is 54.4. The second kappa shape index (κ2) is 70.3. The predicted molar refractivity (Wildman–Crippen MR) is 362 cm³/mol. The van der Waals surface area contributed by atoms with Crippen molar-refractivity contribution in [3.63, 3.8) is 0 Å². The van der Waals surface area contributed by atoms with E-state index in [1.165, 1.54) is 154 Å². The summed E-state index contributed by atoms with van der Waals surface area (Å²) in [7, 11) is 0. The van der Waals surface area contributed by atoms with E-state index in [9.17, 15) is 14.4 Å². The summed E-state index contributed by atoms with van der Waals surface area (Å²) in [4.78, 5) is 38.4. The molecule has 0 saturated heterocycles. The van der Waals surface area contributed by atoms with Crippen LogP contribution in [0.3, 0.4) is 0 Å². The van der Waals surface area contributed by atoms with Gasteiger partial charge in [-0.15, -0.1) is 0 Å². The highest BCUT2D eigenvalue weighted by molar-refractivity contribution is 5.71. The number of hydrogen-bond donors (Lipinski definition) is 0. The minimum Gasteiger partial charge on any atom is -0.462 e. The van der Waals surface area contributed by atoms with Crippen LogP contribution >= 0.6 is 0 Å². The average molecular weight is 1150 g/mol. The number of unbranched alkanes of at least 4 members (excludes halogenated alkanes) is 32. The zero-order chi connectivity index (χ0) is 59.9. The molecule has 1 unspecified atom stereocenters. The minimum absolute atomic E-state index is 0.0862. The highest BCUT2D eigenvalue weighted by Gasteiger charge is 2.19. The first kappa shape index (κ1) is 78.8. The third-order valence-corrected chi connectivity index (χ3v) is 14.9. The standard InChI is InChI=1S/C77H130O6/c1-4-7-10-13-16-19-22-25-28-29-30-31-32-33-34-35-36-37-38-39-40-41-42-43-44-45-46-47-50-52-55-58-61-64-67-70-76(79)82-73-74(83-77(80)71-68-65-62-59-56-53-49-27-24-21-18-15-12-9-6-3)72-81-75(78)69-66-63-60-57-54-51-48-26-23-20-17-14-11-8-5-2/h7,10,16,18-19,21,25-28,30-31,33-34,36-37,39-40,48-49,74H,4-6,8-9,11-15,17,20,22-24,29,32,35,38,41-47,50-73H2,1-3H3/b10-7-,19-16-,21-18-,28-25-,31-30-,34-33-,37-36-,40-39-,48-26-,49-27-. The first-order valence-corrected chi connectivity index (χ1v) is 35.0. The molecule has 474 valence electrons. The van der Waals surface area contributed by atoms with Crippen molar-refractivity contribution < 1.29 is 28.6 Å². The van der Waals surface area contributed by atoms with Gasteiger partial charge >= 0.3 is 17.9 Å². The number of allylic oxidation sites excluding steroid dienone is 20. The van der Waals surface area contributed by atoms with Crippen LogP contribution in [0.25, 0.3) is 0 Å². The third-order valence-electron chi connectivity index (χ3n) is 14.9. The molecule has 0 aliphatic rings. The van der Waals surface area contributed by atoms with Crippen molar-refractivity contribution in [1.82, 2.24) is 0 Å². The number of rotatable bonds is 63. The molecule has 0 saturated carbocycles. The van der Waals surface area contributed by atoms with E-state index in [1.54, 1.807) is 0 Å². The molecule has 0 heterocycles. The van der Waals surface area contributed by atoms with Crippen molar-refractivity contribution in [2.75, 3.05) is 13.2 Å². The second-order valence-corrected chi connectivity index (χ2v) is 23.1. The lowest BCUT2D eigenvalue weighted by Gasteiger charge is -2.18. The highest BCUT2D eigenvalue weighted by atomic mass is 16.6. The summed E-state index contributed by atoms with van der Waals surface area (Å²) in [5, 5.41) is 0. The van der Waals surface area contributed by atoms with Crippen LogP contribution in [0.15, 0.2) is 122 Å². The van der Waals surface area contributed by atoms with E-state index in [0.29, 0.717) is 19.3 Å². The van der Waals surface area contributed by atoms with Gasteiger partial charge in [0, 0.05) is 19.3 Å². The third kappa shape index (κ3) is 68.5. The van der Waals surface area contributed by atoms with Crippen LogP contribution in [-0.4, -0.2) is 37.2 Å². The largest absolute Gasteiger partial charge is 0.462 e. The second-order valence-electron chi connectivity index (χ2n) is 23.1. The van der Waals surface area contributed by atoms with E-state index in [-0.39, 0.29) is 31.1 Å². The Morgan fingerprint density at radius 2 is 0.470 bits per heavy atom. The fourth-order valence-electron chi connectivity index (χ4n) is 9.68. The molecular formula is C77H130O6. The molecule has 0 aromatic heterocycles. The van der Waals surface area contributed by atoms with Gasteiger partial charge in [-0.1, -0.05) is 296 Å². The number of carbonyl (C=O) groups is 3. The summed E-state index contributed by atoms with van der Waals surface area (Å²) < 4.78 is 16.9. The van der Waals surface area contributed by atoms with Gasteiger partial charge in [0.15, 0.2) is 6.10 Å². The van der Waals surface area contributed by atoms with Crippen LogP contribution in [0.4, 0.5) is 0 Å². The van der Waals surface area contributed by atoms with Gasteiger partial charge in [-0.05, 0) is 135 Å². The number of esters is 3. The fourth-order valence-corrected chi connectivity index (χ4v) is 9.68. The molecule has 1 atom stereocenters. The van der Waals surface area contributed by atoms with E-state index in [4.69, 9.17) is 14.2 Å². The normalized spacial score (nSPS) is 12.9. The Hall–Kier alpha value is -4.19. The minimum atomic E-state index is -0.791. The van der Waals surface area contributed by atoms with Gasteiger partial charge in [0.2, 0.25) is 0 Å². The molecule has 0 aliphatic heterocycles. The highest BCUT2D eigenvalue weighted by Crippen LogP contribution is 2.16. The summed E-state index contributed by atoms with van der Waals surface area (Å²) >= 11 is 0. The summed E-state index contributed by atoms with van der Waals surface area (Å²) in [5.41, 5.74) is 0. The van der Waals surface area contributed by atoms with Gasteiger partial charge in [-0.3, -0.25) is 14.4 Å². The molecule has 0 amide bonds. The maximum Gasteiger partial charge on any atom is 0.306 e. The van der Waals surface area contributed by atoms with Crippen molar-refractivity contribution in [1.29, 1.82) is 0 Å². The summed E-state index contributed by atoms with van der Waals surface area (Å²) in [6, 6.07) is 0. The molecule has 0 fully saturated rings. The molecule has 0 bridgehead atoms. The Morgan fingerprint density at radius 3 is 0.771 bits per heavy atom. The molecular weight excluding hydrogens is 1020 g/mol. The molecule has 6 nitrogen and oxygen atoms in total. The first-order chi connectivity index (χ1) is 41.0. The summed E-state index contributed by atoms with van der Waals surface area (Å²) in [6.45, 7) is 6.50. The van der Waals surface area contributed by atoms with Gasteiger partial charge in [0.1, 0.15) is 13.2 Å². The predicted octanol–water partition coefficient (Wildman–Crippen LogP) is 24.3. The van der Waals surface area contributed by atoms with Crippen LogP contribution in [0.5, 0.6) is 0 Å². The van der Waals surface area contributed by atoms with Gasteiger partial charge in [0.25, 0.3) is 0 Å². The Balaban J connectivity index is 4.22. The molecule has 83 heavy (non-hydrogen) atoms. The topological polar surface area (TPSA) is 78.9 Å². The molecule has 0 spiro atoms. The van der Waals surface area contributed by atoms with E-state index in [1.807, 2.05) is 0 Å². The number of ether oxygens (including phenoxy) is 3. The van der Waals surface area contributed by atoms with Crippen LogP contribution in [0.1, 0.15) is 329 Å². The van der Waals surface area contributed by atoms with Gasteiger partial charge < -0.3 is 14.2 Å². The van der Waals surface area contributed by atoms with Crippen molar-refractivity contribution >= 4 is 17.9 Å². The van der Waals surface area contributed by atoms with E-state index in [2.05, 4.69) is 142 Å². The fraction of sp³-hybridized carbons (Fsp3) is 0.701. The molecule has 6 heteroatoms. The SMILES string of the molecule is CC/C=C\C/C=C\C/C=C\C/C=C\C/C=C\C/C=C\C/C=C\CCCCCCCCCCCCCCCC(=O)OCC(COC(=O)CCCCCCC/C=C\CCCCCCCC)OC(=O)CCCCCCC/C=C\C/C=C\CCCCC. The van der Waals surface area contributed by atoms with Gasteiger partial charge in [-0.25, -0.2) is 0 Å². The van der Waals surface area contributed by atoms with Crippen LogP contribution in [0, 0.1) is 0 Å². The number of carbonyl (C=O) groups excluding carboxylic acids is 3. The van der Waals surface area contributed by atoms with Crippen molar-refractivity contribution in [3.05, 3.63) is 122 Å². The Kier molecular flexibility index (Phi) is 66.7. The Morgan fingerprint density at radius 1 is 0.253 bits per heavy atom. The van der Waals surface area contributed by atoms with Crippen molar-refractivity contribution in [2.24, 2.45) is 0 Å². The molecule has 0 radical (unpaired) electrons. The molecule has 0 rings (SSSR count). The Bertz CT molecular complexity index is 1700. The lowest BCUT2D eigenvalue weighted by Crippen LogP contribution is -2.30. The van der Waals surface area contributed by atoms with Crippen LogP contribution in [-0.2, 0) is 28.6 Å². The molecule has 0 aromatic rings. The van der Waals surface area contributed by atoms with E-state index >= 15 is 0 Å². The molecule has 0 aliphatic carbocycles. The zero-order valence-corrected chi connectivity index (χ0v) is 54.4. The average Bonchev–Trinajstić information content (AvgIpc) is 3.49. The van der Waals surface area contributed by atoms with E-state index < -0.39 is 6.10 Å². The monoisotopic (exact) mass is 1150 g/mol. The van der Waals surface area contributed by atoms with E-state index in [0.717, 1.165) is 135 Å². The van der Waals surface area contributed by atoms with Gasteiger partial charge in [0.05, 0.1) is 0 Å². The number of hydrogen-bond acceptors (Lipinski definition) is 6. The molecule has 0 aromatic carbocycles. The summed E-state index contributed by atoms with van der Waals surface area (Å²) in [6.07, 6.45) is 97.9. The Labute approximate surface area is 513 Å². The molecule has 0 N–H and O–H groups in total. The maximum absolute atomic E-state index is 12.9. The van der Waals surface area contributed by atoms with Crippen LogP contribution < -0.4 is 0 Å². The first-order valence-electron chi connectivity index (χ1n) is 35.0.